The van der Waals surface area contributed by atoms with Crippen LogP contribution in [-0.2, 0) is 16.4 Å². The first-order valence-electron chi connectivity index (χ1n) is 8.21. The van der Waals surface area contributed by atoms with Crippen LogP contribution in [0.5, 0.6) is 0 Å². The van der Waals surface area contributed by atoms with E-state index in [4.69, 9.17) is 11.6 Å². The average Bonchev–Trinajstić information content (AvgIpc) is 3.05. The summed E-state index contributed by atoms with van der Waals surface area (Å²) in [6.07, 6.45) is 5.47. The first kappa shape index (κ1) is 20.3. The zero-order chi connectivity index (χ0) is 19.2. The summed E-state index contributed by atoms with van der Waals surface area (Å²) in [5.41, 5.74) is 1.92. The third-order valence-corrected chi connectivity index (χ3v) is 4.94. The minimum atomic E-state index is -2.96. The van der Waals surface area contributed by atoms with Crippen molar-refractivity contribution in [3.8, 4) is 5.69 Å². The van der Waals surface area contributed by atoms with E-state index in [2.05, 4.69) is 20.7 Å². The molecule has 0 spiro atoms. The van der Waals surface area contributed by atoms with Crippen molar-refractivity contribution in [2.45, 2.75) is 25.9 Å². The number of benzene rings is 1. The maximum atomic E-state index is 11.2. The number of hydrogen-bond donors (Lipinski definition) is 2. The van der Waals surface area contributed by atoms with Gasteiger partial charge in [-0.15, -0.1) is 0 Å². The Morgan fingerprint density at radius 3 is 2.65 bits per heavy atom. The highest BCUT2D eigenvalue weighted by molar-refractivity contribution is 7.90. The Morgan fingerprint density at radius 2 is 2.04 bits per heavy atom. The van der Waals surface area contributed by atoms with Crippen molar-refractivity contribution in [2.75, 3.05) is 19.1 Å². The summed E-state index contributed by atoms with van der Waals surface area (Å²) < 4.78 is 24.3. The predicted molar refractivity (Wildman–Crippen MR) is 106 cm³/mol. The van der Waals surface area contributed by atoms with Gasteiger partial charge in [-0.05, 0) is 37.6 Å². The molecular weight excluding hydrogens is 374 g/mol. The highest BCUT2D eigenvalue weighted by Crippen LogP contribution is 2.13. The van der Waals surface area contributed by atoms with Crippen LogP contribution < -0.4 is 10.6 Å². The van der Waals surface area contributed by atoms with E-state index >= 15 is 0 Å². The number of hydrogen-bond acceptors (Lipinski definition) is 4. The molecule has 0 amide bonds. The van der Waals surface area contributed by atoms with Crippen LogP contribution in [0.3, 0.4) is 0 Å². The SMILES string of the molecule is CN=C(NCc1cnn(-c2ccc(Cl)cc2)c1)NC(C)CCS(C)(=O)=O. The van der Waals surface area contributed by atoms with Crippen molar-refractivity contribution in [1.82, 2.24) is 20.4 Å². The summed E-state index contributed by atoms with van der Waals surface area (Å²) in [6, 6.07) is 7.43. The fraction of sp³-hybridized carbons (Fsp3) is 0.412. The van der Waals surface area contributed by atoms with Gasteiger partial charge in [-0.3, -0.25) is 4.99 Å². The highest BCUT2D eigenvalue weighted by atomic mass is 35.5. The van der Waals surface area contributed by atoms with E-state index in [0.29, 0.717) is 23.9 Å². The monoisotopic (exact) mass is 397 g/mol. The molecule has 2 aromatic rings. The van der Waals surface area contributed by atoms with Crippen molar-refractivity contribution in [2.24, 2.45) is 4.99 Å². The summed E-state index contributed by atoms with van der Waals surface area (Å²) in [5, 5.41) is 11.4. The van der Waals surface area contributed by atoms with Crippen molar-refractivity contribution in [1.29, 1.82) is 0 Å². The molecule has 9 heteroatoms. The molecular formula is C17H24ClN5O2S. The van der Waals surface area contributed by atoms with Crippen LogP contribution in [0.1, 0.15) is 18.9 Å². The molecule has 0 aliphatic heterocycles. The molecule has 0 fully saturated rings. The lowest BCUT2D eigenvalue weighted by molar-refractivity contribution is 0.581. The topological polar surface area (TPSA) is 88.4 Å². The smallest absolute Gasteiger partial charge is 0.191 e. The lowest BCUT2D eigenvalue weighted by Gasteiger charge is -2.17. The van der Waals surface area contributed by atoms with Crippen LogP contribution in [0.25, 0.3) is 5.69 Å². The molecule has 0 radical (unpaired) electrons. The van der Waals surface area contributed by atoms with Gasteiger partial charge >= 0.3 is 0 Å². The fourth-order valence-corrected chi connectivity index (χ4v) is 3.17. The predicted octanol–water partition coefficient (Wildman–Crippen LogP) is 2.01. The summed E-state index contributed by atoms with van der Waals surface area (Å²) >= 11 is 5.90. The second kappa shape index (κ2) is 9.05. The lowest BCUT2D eigenvalue weighted by atomic mass is 10.3. The quantitative estimate of drug-likeness (QED) is 0.551. The Balaban J connectivity index is 1.88. The molecule has 1 atom stereocenters. The van der Waals surface area contributed by atoms with Gasteiger partial charge in [-0.1, -0.05) is 11.6 Å². The first-order chi connectivity index (χ1) is 12.3. The van der Waals surface area contributed by atoms with Crippen molar-refractivity contribution in [3.05, 3.63) is 47.2 Å². The summed E-state index contributed by atoms with van der Waals surface area (Å²) in [4.78, 5) is 4.17. The Bertz CT molecular complexity index is 846. The molecule has 1 unspecified atom stereocenters. The number of aliphatic imine (C=N–C) groups is 1. The lowest BCUT2D eigenvalue weighted by Crippen LogP contribution is -2.42. The molecule has 142 valence electrons. The van der Waals surface area contributed by atoms with Gasteiger partial charge < -0.3 is 10.6 Å². The van der Waals surface area contributed by atoms with Gasteiger partial charge in [0, 0.05) is 42.7 Å². The van der Waals surface area contributed by atoms with E-state index in [-0.39, 0.29) is 11.8 Å². The molecule has 0 saturated heterocycles. The number of nitrogens with one attached hydrogen (secondary N) is 2. The molecule has 0 bridgehead atoms. The summed E-state index contributed by atoms with van der Waals surface area (Å²) in [6.45, 7) is 2.47. The highest BCUT2D eigenvalue weighted by Gasteiger charge is 2.10. The Morgan fingerprint density at radius 1 is 1.35 bits per heavy atom. The van der Waals surface area contributed by atoms with Crippen LogP contribution in [-0.4, -0.2) is 49.3 Å². The average molecular weight is 398 g/mol. The molecule has 1 aromatic heterocycles. The molecule has 0 aliphatic rings. The van der Waals surface area contributed by atoms with Crippen LogP contribution in [0.15, 0.2) is 41.7 Å². The van der Waals surface area contributed by atoms with Crippen LogP contribution >= 0.6 is 11.6 Å². The molecule has 7 nitrogen and oxygen atoms in total. The number of nitrogens with zero attached hydrogens (tertiary/aromatic N) is 3. The second-order valence-electron chi connectivity index (χ2n) is 6.16. The van der Waals surface area contributed by atoms with Crippen LogP contribution in [0.4, 0.5) is 0 Å². The Hall–Kier alpha value is -2.06. The fourth-order valence-electron chi connectivity index (χ4n) is 2.26. The van der Waals surface area contributed by atoms with E-state index in [1.54, 1.807) is 17.9 Å². The van der Waals surface area contributed by atoms with Gasteiger partial charge in [0.2, 0.25) is 0 Å². The van der Waals surface area contributed by atoms with E-state index in [1.165, 1.54) is 6.26 Å². The minimum absolute atomic E-state index is 0.00674. The molecule has 2 rings (SSSR count). The van der Waals surface area contributed by atoms with E-state index < -0.39 is 9.84 Å². The van der Waals surface area contributed by atoms with Crippen LogP contribution in [0, 0.1) is 0 Å². The van der Waals surface area contributed by atoms with Gasteiger partial charge in [0.1, 0.15) is 9.84 Å². The molecule has 1 heterocycles. The normalized spacial score (nSPS) is 13.5. The number of rotatable bonds is 7. The minimum Gasteiger partial charge on any atom is -0.354 e. The maximum Gasteiger partial charge on any atom is 0.191 e. The van der Waals surface area contributed by atoms with Gasteiger partial charge in [0.15, 0.2) is 5.96 Å². The van der Waals surface area contributed by atoms with E-state index in [0.717, 1.165) is 11.3 Å². The molecule has 0 aliphatic carbocycles. The molecule has 0 saturated carbocycles. The number of halogens is 1. The van der Waals surface area contributed by atoms with E-state index in [9.17, 15) is 8.42 Å². The molecule has 26 heavy (non-hydrogen) atoms. The second-order valence-corrected chi connectivity index (χ2v) is 8.86. The molecule has 2 N–H and O–H groups in total. The van der Waals surface area contributed by atoms with Crippen LogP contribution in [0.2, 0.25) is 5.02 Å². The summed E-state index contributed by atoms with van der Waals surface area (Å²) in [7, 11) is -1.29. The van der Waals surface area contributed by atoms with E-state index in [1.807, 2.05) is 37.4 Å². The molecule has 1 aromatic carbocycles. The summed E-state index contributed by atoms with van der Waals surface area (Å²) in [5.74, 6) is 0.761. The van der Waals surface area contributed by atoms with Gasteiger partial charge in [0.25, 0.3) is 0 Å². The maximum absolute atomic E-state index is 11.2. The first-order valence-corrected chi connectivity index (χ1v) is 10.6. The third kappa shape index (κ3) is 6.68. The van der Waals surface area contributed by atoms with Crippen molar-refractivity contribution in [3.63, 3.8) is 0 Å². The number of sulfone groups is 1. The van der Waals surface area contributed by atoms with Gasteiger partial charge in [-0.2, -0.15) is 5.10 Å². The van der Waals surface area contributed by atoms with Crippen molar-refractivity contribution >= 4 is 27.4 Å². The zero-order valence-corrected chi connectivity index (χ0v) is 16.7. The zero-order valence-electron chi connectivity index (χ0n) is 15.1. The van der Waals surface area contributed by atoms with Gasteiger partial charge in [-0.25, -0.2) is 13.1 Å². The number of aromatic nitrogens is 2. The standard InChI is InChI=1S/C17H24ClN5O2S/c1-13(8-9-26(3,24)25)22-17(19-2)20-10-14-11-21-23(12-14)16-6-4-15(18)5-7-16/h4-7,11-13H,8-10H2,1-3H3,(H2,19,20,22). The van der Waals surface area contributed by atoms with Gasteiger partial charge in [0.05, 0.1) is 17.6 Å². The largest absolute Gasteiger partial charge is 0.354 e. The number of guanidine groups is 1. The Labute approximate surface area is 159 Å². The third-order valence-electron chi connectivity index (χ3n) is 3.72. The Kier molecular flexibility index (Phi) is 7.05. The van der Waals surface area contributed by atoms with Crippen molar-refractivity contribution < 1.29 is 8.42 Å².